The number of carbonyl (C=O) groups is 2. The summed E-state index contributed by atoms with van der Waals surface area (Å²) in [6.07, 6.45) is 1.77. The van der Waals surface area contributed by atoms with E-state index in [1.165, 1.54) is 7.11 Å². The van der Waals surface area contributed by atoms with Gasteiger partial charge in [0, 0.05) is 17.3 Å². The van der Waals surface area contributed by atoms with Gasteiger partial charge in [-0.2, -0.15) is 0 Å². The van der Waals surface area contributed by atoms with Crippen molar-refractivity contribution in [1.29, 1.82) is 0 Å². The van der Waals surface area contributed by atoms with Crippen LogP contribution in [0.5, 0.6) is 0 Å². The zero-order chi connectivity index (χ0) is 20.1. The van der Waals surface area contributed by atoms with Gasteiger partial charge in [-0.1, -0.05) is 55.3 Å². The standard InChI is InChI=1S/C22H23ClN2O3/c1-3-4-14-25-20(15-10-12-16(23)13-11-15)18(22(27)28-2)19(21(25)26)24-17-8-6-5-7-9-17/h5-13,20,24H,3-4,14H2,1-2H3. The fourth-order valence-corrected chi connectivity index (χ4v) is 3.46. The SMILES string of the molecule is CCCCN1C(=O)C(Nc2ccccc2)=C(C(=O)OC)C1c1ccc(Cl)cc1. The van der Waals surface area contributed by atoms with Crippen molar-refractivity contribution in [3.05, 3.63) is 76.5 Å². The highest BCUT2D eigenvalue weighted by Gasteiger charge is 2.43. The number of ether oxygens (including phenoxy) is 1. The Morgan fingerprint density at radius 1 is 1.14 bits per heavy atom. The van der Waals surface area contributed by atoms with Crippen LogP contribution in [-0.2, 0) is 14.3 Å². The zero-order valence-corrected chi connectivity index (χ0v) is 16.7. The van der Waals surface area contributed by atoms with Crippen LogP contribution in [-0.4, -0.2) is 30.4 Å². The molecule has 2 aromatic carbocycles. The van der Waals surface area contributed by atoms with Gasteiger partial charge in [0.15, 0.2) is 0 Å². The van der Waals surface area contributed by atoms with Crippen molar-refractivity contribution in [2.45, 2.75) is 25.8 Å². The van der Waals surface area contributed by atoms with E-state index in [1.807, 2.05) is 42.5 Å². The number of nitrogens with one attached hydrogen (secondary N) is 1. The second-order valence-corrected chi connectivity index (χ2v) is 7.01. The van der Waals surface area contributed by atoms with Gasteiger partial charge in [-0.3, -0.25) is 4.79 Å². The Labute approximate surface area is 169 Å². The molecule has 1 amide bonds. The molecule has 146 valence electrons. The second-order valence-electron chi connectivity index (χ2n) is 6.58. The molecule has 0 spiro atoms. The molecule has 1 aliphatic heterocycles. The van der Waals surface area contributed by atoms with E-state index in [9.17, 15) is 9.59 Å². The number of nitrogens with zero attached hydrogens (tertiary/aromatic N) is 1. The number of anilines is 1. The number of hydrogen-bond donors (Lipinski definition) is 1. The van der Waals surface area contributed by atoms with Gasteiger partial charge in [0.05, 0.1) is 18.7 Å². The first-order valence-electron chi connectivity index (χ1n) is 9.27. The van der Waals surface area contributed by atoms with Crippen LogP contribution in [0.1, 0.15) is 31.4 Å². The Hall–Kier alpha value is -2.79. The summed E-state index contributed by atoms with van der Waals surface area (Å²) in [5, 5.41) is 3.73. The molecule has 1 unspecified atom stereocenters. The number of benzene rings is 2. The number of esters is 1. The lowest BCUT2D eigenvalue weighted by molar-refractivity contribution is -0.136. The third kappa shape index (κ3) is 4.04. The van der Waals surface area contributed by atoms with Crippen LogP contribution in [0.3, 0.4) is 0 Å². The van der Waals surface area contributed by atoms with E-state index < -0.39 is 12.0 Å². The molecule has 1 atom stereocenters. The van der Waals surface area contributed by atoms with Crippen molar-refractivity contribution < 1.29 is 14.3 Å². The normalized spacial score (nSPS) is 16.5. The smallest absolute Gasteiger partial charge is 0.338 e. The number of methoxy groups -OCH3 is 1. The van der Waals surface area contributed by atoms with Crippen molar-refractivity contribution in [3.8, 4) is 0 Å². The molecule has 0 radical (unpaired) electrons. The largest absolute Gasteiger partial charge is 0.466 e. The van der Waals surface area contributed by atoms with Crippen LogP contribution < -0.4 is 5.32 Å². The van der Waals surface area contributed by atoms with Gasteiger partial charge < -0.3 is 15.0 Å². The van der Waals surface area contributed by atoms with E-state index in [2.05, 4.69) is 12.2 Å². The van der Waals surface area contributed by atoms with Gasteiger partial charge in [-0.05, 0) is 36.2 Å². The molecule has 5 nitrogen and oxygen atoms in total. The summed E-state index contributed by atoms with van der Waals surface area (Å²) in [5.41, 5.74) is 2.13. The van der Waals surface area contributed by atoms with Gasteiger partial charge in [0.2, 0.25) is 0 Å². The second kappa shape index (κ2) is 8.93. The van der Waals surface area contributed by atoms with E-state index in [4.69, 9.17) is 16.3 Å². The topological polar surface area (TPSA) is 58.6 Å². The van der Waals surface area contributed by atoms with Gasteiger partial charge >= 0.3 is 5.97 Å². The van der Waals surface area contributed by atoms with Crippen molar-refractivity contribution >= 4 is 29.2 Å². The minimum Gasteiger partial charge on any atom is -0.466 e. The number of carbonyl (C=O) groups excluding carboxylic acids is 2. The predicted molar refractivity (Wildman–Crippen MR) is 110 cm³/mol. The Balaban J connectivity index is 2.10. The third-order valence-electron chi connectivity index (χ3n) is 4.72. The van der Waals surface area contributed by atoms with E-state index in [0.717, 1.165) is 24.1 Å². The van der Waals surface area contributed by atoms with E-state index in [-0.39, 0.29) is 11.6 Å². The van der Waals surface area contributed by atoms with Crippen LogP contribution >= 0.6 is 11.6 Å². The lowest BCUT2D eigenvalue weighted by Gasteiger charge is -2.26. The molecule has 28 heavy (non-hydrogen) atoms. The third-order valence-corrected chi connectivity index (χ3v) is 4.97. The fraction of sp³-hybridized carbons (Fsp3) is 0.273. The quantitative estimate of drug-likeness (QED) is 0.694. The molecule has 0 aromatic heterocycles. The Morgan fingerprint density at radius 3 is 2.43 bits per heavy atom. The molecular weight excluding hydrogens is 376 g/mol. The summed E-state index contributed by atoms with van der Waals surface area (Å²) >= 11 is 6.03. The van der Waals surface area contributed by atoms with Crippen LogP contribution in [0.2, 0.25) is 5.02 Å². The van der Waals surface area contributed by atoms with Crippen LogP contribution in [0.4, 0.5) is 5.69 Å². The molecule has 2 aromatic rings. The van der Waals surface area contributed by atoms with E-state index in [1.54, 1.807) is 17.0 Å². The Bertz CT molecular complexity index is 878. The monoisotopic (exact) mass is 398 g/mol. The first-order valence-corrected chi connectivity index (χ1v) is 9.65. The van der Waals surface area contributed by atoms with Gasteiger partial charge in [-0.15, -0.1) is 0 Å². The molecule has 6 heteroatoms. The number of rotatable bonds is 7. The average molecular weight is 399 g/mol. The summed E-state index contributed by atoms with van der Waals surface area (Å²) in [6, 6.07) is 16.0. The minimum atomic E-state index is -0.522. The van der Waals surface area contributed by atoms with Crippen LogP contribution in [0.15, 0.2) is 65.9 Å². The predicted octanol–water partition coefficient (Wildman–Crippen LogP) is 4.56. The molecule has 1 aliphatic rings. The number of hydrogen-bond acceptors (Lipinski definition) is 4. The number of unbranched alkanes of at least 4 members (excludes halogenated alkanes) is 1. The van der Waals surface area contributed by atoms with Gasteiger partial charge in [-0.25, -0.2) is 4.79 Å². The fourth-order valence-electron chi connectivity index (χ4n) is 3.33. The molecule has 1 N–H and O–H groups in total. The molecular formula is C22H23ClN2O3. The molecule has 0 bridgehead atoms. The summed E-state index contributed by atoms with van der Waals surface area (Å²) in [4.78, 5) is 27.7. The number of halogens is 1. The Morgan fingerprint density at radius 2 is 1.82 bits per heavy atom. The van der Waals surface area contributed by atoms with Crippen molar-refractivity contribution in [1.82, 2.24) is 4.90 Å². The van der Waals surface area contributed by atoms with Crippen molar-refractivity contribution in [2.24, 2.45) is 0 Å². The molecule has 0 saturated heterocycles. The summed E-state index contributed by atoms with van der Waals surface area (Å²) in [6.45, 7) is 2.61. The highest BCUT2D eigenvalue weighted by Crippen LogP contribution is 2.39. The van der Waals surface area contributed by atoms with E-state index in [0.29, 0.717) is 17.1 Å². The molecule has 0 aliphatic carbocycles. The van der Waals surface area contributed by atoms with E-state index >= 15 is 0 Å². The highest BCUT2D eigenvalue weighted by molar-refractivity contribution is 6.30. The van der Waals surface area contributed by atoms with Crippen molar-refractivity contribution in [3.63, 3.8) is 0 Å². The number of para-hydroxylation sites is 1. The minimum absolute atomic E-state index is 0.211. The lowest BCUT2D eigenvalue weighted by atomic mass is 9.98. The summed E-state index contributed by atoms with van der Waals surface area (Å²) < 4.78 is 5.04. The highest BCUT2D eigenvalue weighted by atomic mass is 35.5. The maximum atomic E-state index is 13.3. The number of amides is 1. The maximum Gasteiger partial charge on any atom is 0.338 e. The first kappa shape index (κ1) is 20.0. The molecule has 3 rings (SSSR count). The van der Waals surface area contributed by atoms with Crippen LogP contribution in [0.25, 0.3) is 0 Å². The Kier molecular flexibility index (Phi) is 6.37. The molecule has 1 heterocycles. The zero-order valence-electron chi connectivity index (χ0n) is 15.9. The molecule has 0 saturated carbocycles. The maximum absolute atomic E-state index is 13.3. The van der Waals surface area contributed by atoms with Crippen LogP contribution in [0, 0.1) is 0 Å². The summed E-state index contributed by atoms with van der Waals surface area (Å²) in [5.74, 6) is -0.733. The van der Waals surface area contributed by atoms with Gasteiger partial charge in [0.25, 0.3) is 5.91 Å². The summed E-state index contributed by atoms with van der Waals surface area (Å²) in [7, 11) is 1.33. The van der Waals surface area contributed by atoms with Gasteiger partial charge in [0.1, 0.15) is 5.70 Å². The molecule has 0 fully saturated rings. The lowest BCUT2D eigenvalue weighted by Crippen LogP contribution is -2.32. The van der Waals surface area contributed by atoms with Crippen molar-refractivity contribution in [2.75, 3.05) is 19.0 Å². The first-order chi connectivity index (χ1) is 13.6. The average Bonchev–Trinajstić information content (AvgIpc) is 2.99.